The first-order valence-corrected chi connectivity index (χ1v) is 9.20. The lowest BCUT2D eigenvalue weighted by Gasteiger charge is -2.33. The van der Waals surface area contributed by atoms with Gasteiger partial charge in [0.25, 0.3) is 0 Å². The monoisotopic (exact) mass is 432 g/mol. The molecule has 160 valence electrons. The van der Waals surface area contributed by atoms with Crippen LogP contribution in [-0.2, 0) is 12.1 Å². The Morgan fingerprint density at radius 3 is 2.52 bits per heavy atom. The molecule has 0 amide bonds. The topological polar surface area (TPSA) is 77.0 Å². The largest absolute Gasteiger partial charge is 0.382 e. The van der Waals surface area contributed by atoms with E-state index < -0.39 is 34.8 Å². The third kappa shape index (κ3) is 3.93. The first-order chi connectivity index (χ1) is 14.8. The zero-order valence-electron chi connectivity index (χ0n) is 16.1. The highest BCUT2D eigenvalue weighted by Crippen LogP contribution is 2.40. The van der Waals surface area contributed by atoms with Crippen LogP contribution >= 0.6 is 0 Å². The fourth-order valence-corrected chi connectivity index (χ4v) is 3.37. The van der Waals surface area contributed by atoms with Crippen LogP contribution in [0, 0.1) is 23.3 Å². The lowest BCUT2D eigenvalue weighted by Crippen LogP contribution is -2.38. The second kappa shape index (κ2) is 7.95. The maximum atomic E-state index is 14.6. The van der Waals surface area contributed by atoms with Gasteiger partial charge in [-0.05, 0) is 36.4 Å². The van der Waals surface area contributed by atoms with Gasteiger partial charge in [-0.15, -0.1) is 0 Å². The number of benzene rings is 2. The third-order valence-corrected chi connectivity index (χ3v) is 5.15. The first kappa shape index (κ1) is 20.7. The predicted molar refractivity (Wildman–Crippen MR) is 101 cm³/mol. The van der Waals surface area contributed by atoms with Crippen LogP contribution < -0.4 is 0 Å². The van der Waals surface area contributed by atoms with E-state index in [0.29, 0.717) is 0 Å². The predicted octanol–water partition coefficient (Wildman–Crippen LogP) is 4.18. The SMILES string of the molecule is C[C@@H](c1cc(-c2ccc(F)c(F)c2)no1)[C@](O)(Cn1cncn1)c1cc(F)ccc1F. The molecule has 0 aliphatic heterocycles. The molecule has 0 spiro atoms. The van der Waals surface area contributed by atoms with E-state index in [1.165, 1.54) is 36.4 Å². The van der Waals surface area contributed by atoms with Crippen LogP contribution in [-0.4, -0.2) is 25.0 Å². The lowest BCUT2D eigenvalue weighted by molar-refractivity contribution is -0.0183. The van der Waals surface area contributed by atoms with E-state index in [1.807, 2.05) is 0 Å². The van der Waals surface area contributed by atoms with Crippen molar-refractivity contribution in [1.82, 2.24) is 19.9 Å². The molecule has 0 saturated heterocycles. The fraction of sp³-hybridized carbons (Fsp3) is 0.190. The highest BCUT2D eigenvalue weighted by atomic mass is 19.2. The van der Waals surface area contributed by atoms with Crippen LogP contribution in [0.25, 0.3) is 11.3 Å². The Labute approximate surface area is 173 Å². The van der Waals surface area contributed by atoms with Gasteiger partial charge in [0.1, 0.15) is 41.3 Å². The quantitative estimate of drug-likeness (QED) is 0.463. The minimum atomic E-state index is -2.01. The van der Waals surface area contributed by atoms with Gasteiger partial charge in [-0.1, -0.05) is 12.1 Å². The van der Waals surface area contributed by atoms with Gasteiger partial charge in [0, 0.05) is 17.2 Å². The van der Waals surface area contributed by atoms with Gasteiger partial charge in [0.15, 0.2) is 11.6 Å². The summed E-state index contributed by atoms with van der Waals surface area (Å²) in [5.41, 5.74) is -1.88. The van der Waals surface area contributed by atoms with Crippen LogP contribution in [0.15, 0.2) is 59.6 Å². The molecule has 31 heavy (non-hydrogen) atoms. The van der Waals surface area contributed by atoms with E-state index >= 15 is 0 Å². The Kier molecular flexibility index (Phi) is 5.32. The molecule has 0 radical (unpaired) electrons. The number of halogens is 4. The highest BCUT2D eigenvalue weighted by Gasteiger charge is 2.42. The van der Waals surface area contributed by atoms with Crippen molar-refractivity contribution in [2.75, 3.05) is 0 Å². The van der Waals surface area contributed by atoms with Crippen molar-refractivity contribution in [3.63, 3.8) is 0 Å². The Morgan fingerprint density at radius 1 is 1.03 bits per heavy atom. The summed E-state index contributed by atoms with van der Waals surface area (Å²) in [7, 11) is 0. The van der Waals surface area contributed by atoms with Crippen LogP contribution in [0.1, 0.15) is 24.2 Å². The molecule has 1 N–H and O–H groups in total. The Hall–Kier alpha value is -3.53. The summed E-state index contributed by atoms with van der Waals surface area (Å²) in [5, 5.41) is 19.3. The average Bonchev–Trinajstić information content (AvgIpc) is 3.43. The van der Waals surface area contributed by atoms with E-state index in [4.69, 9.17) is 4.52 Å². The molecule has 0 fully saturated rings. The smallest absolute Gasteiger partial charge is 0.159 e. The minimum Gasteiger partial charge on any atom is -0.382 e. The van der Waals surface area contributed by atoms with E-state index in [9.17, 15) is 22.7 Å². The Morgan fingerprint density at radius 2 is 1.81 bits per heavy atom. The number of nitrogens with zero attached hydrogens (tertiary/aromatic N) is 4. The minimum absolute atomic E-state index is 0.117. The van der Waals surface area contributed by atoms with Crippen LogP contribution in [0.5, 0.6) is 0 Å². The summed E-state index contributed by atoms with van der Waals surface area (Å²) in [6.07, 6.45) is 2.56. The zero-order valence-corrected chi connectivity index (χ0v) is 16.1. The fourth-order valence-electron chi connectivity index (χ4n) is 3.37. The number of rotatable bonds is 6. The van der Waals surface area contributed by atoms with Gasteiger partial charge in [-0.3, -0.25) is 0 Å². The van der Waals surface area contributed by atoms with E-state index in [2.05, 4.69) is 15.2 Å². The molecular formula is C21H16F4N4O2. The molecule has 2 aromatic carbocycles. The van der Waals surface area contributed by atoms with Crippen molar-refractivity contribution < 1.29 is 27.2 Å². The summed E-state index contributed by atoms with van der Waals surface area (Å²) < 4.78 is 61.9. The van der Waals surface area contributed by atoms with Crippen LogP contribution in [0.3, 0.4) is 0 Å². The summed E-state index contributed by atoms with van der Waals surface area (Å²) >= 11 is 0. The van der Waals surface area contributed by atoms with Gasteiger partial charge >= 0.3 is 0 Å². The maximum absolute atomic E-state index is 14.6. The number of aromatic nitrogens is 4. The van der Waals surface area contributed by atoms with Gasteiger partial charge in [-0.25, -0.2) is 27.2 Å². The molecule has 0 unspecified atom stereocenters. The number of aliphatic hydroxyl groups is 1. The molecule has 0 saturated carbocycles. The molecule has 6 nitrogen and oxygen atoms in total. The van der Waals surface area contributed by atoms with Crippen molar-refractivity contribution >= 4 is 0 Å². The maximum Gasteiger partial charge on any atom is 0.159 e. The van der Waals surface area contributed by atoms with E-state index in [1.54, 1.807) is 0 Å². The van der Waals surface area contributed by atoms with Crippen molar-refractivity contribution in [1.29, 1.82) is 0 Å². The molecule has 2 atom stereocenters. The second-order valence-corrected chi connectivity index (χ2v) is 7.11. The first-order valence-electron chi connectivity index (χ1n) is 9.20. The van der Waals surface area contributed by atoms with E-state index in [0.717, 1.165) is 30.3 Å². The van der Waals surface area contributed by atoms with Gasteiger partial charge in [0.2, 0.25) is 0 Å². The molecule has 0 bridgehead atoms. The van der Waals surface area contributed by atoms with Gasteiger partial charge in [-0.2, -0.15) is 5.10 Å². The van der Waals surface area contributed by atoms with Crippen molar-refractivity contribution in [2.45, 2.75) is 25.0 Å². The Balaban J connectivity index is 1.76. The van der Waals surface area contributed by atoms with E-state index in [-0.39, 0.29) is 29.1 Å². The van der Waals surface area contributed by atoms with Crippen LogP contribution in [0.4, 0.5) is 17.6 Å². The molecule has 2 aromatic heterocycles. The molecular weight excluding hydrogens is 416 g/mol. The summed E-state index contributed by atoms with van der Waals surface area (Å²) in [6.45, 7) is 1.27. The molecule has 0 aliphatic carbocycles. The van der Waals surface area contributed by atoms with Crippen molar-refractivity contribution in [3.05, 3.63) is 89.7 Å². The second-order valence-electron chi connectivity index (χ2n) is 7.11. The number of hydrogen-bond donors (Lipinski definition) is 1. The molecule has 4 aromatic rings. The standard InChI is InChI=1S/C21H16F4N4O2/c1-12(20-8-19(28-31-20)13-2-4-17(24)18(25)6-13)21(30,9-29-11-26-10-27-29)15-7-14(22)3-5-16(15)23/h2-8,10-12,30H,9H2,1H3/t12-,21+/m0/s1. The summed E-state index contributed by atoms with van der Waals surface area (Å²) in [6, 6.07) is 7.39. The third-order valence-electron chi connectivity index (χ3n) is 5.15. The van der Waals surface area contributed by atoms with Gasteiger partial charge < -0.3 is 9.63 Å². The number of hydrogen-bond acceptors (Lipinski definition) is 5. The van der Waals surface area contributed by atoms with Crippen LogP contribution in [0.2, 0.25) is 0 Å². The highest BCUT2D eigenvalue weighted by molar-refractivity contribution is 5.59. The molecule has 10 heteroatoms. The van der Waals surface area contributed by atoms with Crippen molar-refractivity contribution in [2.24, 2.45) is 0 Å². The molecule has 0 aliphatic rings. The lowest BCUT2D eigenvalue weighted by atomic mass is 9.80. The molecule has 4 rings (SSSR count). The zero-order chi connectivity index (χ0) is 22.2. The summed E-state index contributed by atoms with van der Waals surface area (Å²) in [5.74, 6) is -4.45. The average molecular weight is 432 g/mol. The summed E-state index contributed by atoms with van der Waals surface area (Å²) in [4.78, 5) is 3.80. The van der Waals surface area contributed by atoms with Gasteiger partial charge in [0.05, 0.1) is 12.5 Å². The van der Waals surface area contributed by atoms with Crippen molar-refractivity contribution in [3.8, 4) is 11.3 Å². The molecule has 2 heterocycles. The Bertz CT molecular complexity index is 1210. The normalized spacial score (nSPS) is 14.4.